The van der Waals surface area contributed by atoms with Gasteiger partial charge in [0.1, 0.15) is 6.29 Å². The molecule has 15 heavy (non-hydrogen) atoms. The Balaban J connectivity index is 0.000000921. The van der Waals surface area contributed by atoms with Crippen molar-refractivity contribution in [2.24, 2.45) is 0 Å². The molecule has 0 heterocycles. The molecule has 0 atom stereocenters. The molecule has 0 saturated heterocycles. The van der Waals surface area contributed by atoms with Crippen LogP contribution in [0.2, 0.25) is 0 Å². The fourth-order valence-corrected chi connectivity index (χ4v) is 0.833. The molecule has 0 aromatic heterocycles. The van der Waals surface area contributed by atoms with Crippen molar-refractivity contribution >= 4 is 12.0 Å². The van der Waals surface area contributed by atoms with Gasteiger partial charge in [0.2, 0.25) is 5.75 Å². The summed E-state index contributed by atoms with van der Waals surface area (Å²) in [6.07, 6.45) is 0.339. The predicted octanol–water partition coefficient (Wildman–Crippen LogP) is 1.84. The molecular weight excluding hydrogens is 202 g/mol. The molecule has 2 N–H and O–H groups in total. The van der Waals surface area contributed by atoms with Crippen molar-refractivity contribution in [1.82, 2.24) is 0 Å². The van der Waals surface area contributed by atoms with Crippen LogP contribution < -0.4 is 0 Å². The number of carbonyl (C=O) groups is 1. The van der Waals surface area contributed by atoms with Crippen molar-refractivity contribution < 1.29 is 19.9 Å². The number of aromatic hydroxyl groups is 2. The van der Waals surface area contributed by atoms with E-state index in [1.165, 1.54) is 0 Å². The maximum absolute atomic E-state index is 10.3. The monoisotopic (exact) mass is 213 g/mol. The first-order valence-corrected chi connectivity index (χ1v) is 4.22. The summed E-state index contributed by atoms with van der Waals surface area (Å²) >= 11 is 0. The van der Waals surface area contributed by atoms with Crippen LogP contribution in [0.1, 0.15) is 24.2 Å². The molecule has 0 radical (unpaired) electrons. The summed E-state index contributed by atoms with van der Waals surface area (Å²) in [5, 5.41) is 28.2. The molecule has 1 aromatic rings. The number of benzene rings is 1. The van der Waals surface area contributed by atoms with Crippen LogP contribution in [0.3, 0.4) is 0 Å². The van der Waals surface area contributed by atoms with E-state index in [2.05, 4.69) is 0 Å². The van der Waals surface area contributed by atoms with Crippen molar-refractivity contribution in [3.63, 3.8) is 0 Å². The lowest BCUT2D eigenvalue weighted by Gasteiger charge is -1.99. The zero-order valence-corrected chi connectivity index (χ0v) is 8.30. The van der Waals surface area contributed by atoms with Crippen LogP contribution in [-0.4, -0.2) is 21.4 Å². The van der Waals surface area contributed by atoms with Gasteiger partial charge in [-0.15, -0.1) is 0 Å². The summed E-state index contributed by atoms with van der Waals surface area (Å²) in [5.41, 5.74) is -0.760. The van der Waals surface area contributed by atoms with Gasteiger partial charge in [0, 0.05) is 11.6 Å². The second-order valence-corrected chi connectivity index (χ2v) is 2.28. The van der Waals surface area contributed by atoms with E-state index in [0.29, 0.717) is 6.29 Å². The number of carbonyl (C=O) groups excluding carboxylic acids is 1. The first-order valence-electron chi connectivity index (χ1n) is 4.22. The molecule has 0 aliphatic carbocycles. The highest BCUT2D eigenvalue weighted by Gasteiger charge is 2.18. The Morgan fingerprint density at radius 1 is 1.33 bits per heavy atom. The quantitative estimate of drug-likeness (QED) is 0.338. The van der Waals surface area contributed by atoms with Crippen molar-refractivity contribution in [3.8, 4) is 11.5 Å². The van der Waals surface area contributed by atoms with Gasteiger partial charge in [0.05, 0.1) is 4.92 Å². The third-order valence-corrected chi connectivity index (χ3v) is 1.42. The van der Waals surface area contributed by atoms with Crippen LogP contribution in [0.5, 0.6) is 11.5 Å². The lowest BCUT2D eigenvalue weighted by atomic mass is 10.2. The molecule has 0 aliphatic heterocycles. The first kappa shape index (κ1) is 12.9. The summed E-state index contributed by atoms with van der Waals surface area (Å²) in [6.45, 7) is 4.00. The number of hydrogen-bond acceptors (Lipinski definition) is 5. The summed E-state index contributed by atoms with van der Waals surface area (Å²) in [6, 6.07) is 1.82. The van der Waals surface area contributed by atoms with Gasteiger partial charge in [-0.05, 0) is 6.07 Å². The number of aldehydes is 1. The van der Waals surface area contributed by atoms with Gasteiger partial charge in [0.25, 0.3) is 0 Å². The average Bonchev–Trinajstić information content (AvgIpc) is 2.24. The van der Waals surface area contributed by atoms with Crippen molar-refractivity contribution in [2.75, 3.05) is 0 Å². The molecule has 6 nitrogen and oxygen atoms in total. The van der Waals surface area contributed by atoms with Crippen LogP contribution in [0, 0.1) is 10.1 Å². The van der Waals surface area contributed by atoms with Crippen LogP contribution >= 0.6 is 0 Å². The van der Waals surface area contributed by atoms with E-state index in [9.17, 15) is 14.9 Å². The Morgan fingerprint density at radius 3 is 2.27 bits per heavy atom. The van der Waals surface area contributed by atoms with E-state index in [-0.39, 0.29) is 5.56 Å². The topological polar surface area (TPSA) is 101 Å². The molecule has 0 fully saturated rings. The average molecular weight is 213 g/mol. The van der Waals surface area contributed by atoms with Crippen LogP contribution in [0.4, 0.5) is 5.69 Å². The first-order chi connectivity index (χ1) is 7.06. The minimum absolute atomic E-state index is 0.0676. The Morgan fingerprint density at radius 2 is 1.87 bits per heavy atom. The van der Waals surface area contributed by atoms with Gasteiger partial charge in [0.15, 0.2) is 5.75 Å². The normalized spacial score (nSPS) is 8.67. The number of nitrogens with zero attached hydrogens (tertiary/aromatic N) is 1. The number of nitro groups is 1. The molecule has 6 heteroatoms. The van der Waals surface area contributed by atoms with Crippen molar-refractivity contribution in [1.29, 1.82) is 0 Å². The molecule has 0 bridgehead atoms. The van der Waals surface area contributed by atoms with Crippen LogP contribution in [0.15, 0.2) is 12.1 Å². The number of rotatable bonds is 2. The van der Waals surface area contributed by atoms with E-state index in [4.69, 9.17) is 10.2 Å². The summed E-state index contributed by atoms with van der Waals surface area (Å²) in [7, 11) is 0. The Bertz CT molecular complexity index is 375. The lowest BCUT2D eigenvalue weighted by Crippen LogP contribution is -1.91. The largest absolute Gasteiger partial charge is 0.504 e. The van der Waals surface area contributed by atoms with Crippen molar-refractivity contribution in [2.45, 2.75) is 13.8 Å². The van der Waals surface area contributed by atoms with E-state index >= 15 is 0 Å². The second-order valence-electron chi connectivity index (χ2n) is 2.28. The fourth-order valence-electron chi connectivity index (χ4n) is 0.833. The highest BCUT2D eigenvalue weighted by Crippen LogP contribution is 2.35. The third-order valence-electron chi connectivity index (χ3n) is 1.42. The number of nitro benzene ring substituents is 1. The molecule has 1 aromatic carbocycles. The summed E-state index contributed by atoms with van der Waals surface area (Å²) in [4.78, 5) is 19.6. The van der Waals surface area contributed by atoms with Crippen molar-refractivity contribution in [3.05, 3.63) is 27.8 Å². The minimum Gasteiger partial charge on any atom is -0.504 e. The number of phenols is 2. The third kappa shape index (κ3) is 2.94. The SMILES string of the molecule is CC.O=Cc1cc(O)c(O)c([N+](=O)[O-])c1. The van der Waals surface area contributed by atoms with Gasteiger partial charge in [-0.25, -0.2) is 0 Å². The molecule has 0 unspecified atom stereocenters. The van der Waals surface area contributed by atoms with Crippen LogP contribution in [0.25, 0.3) is 0 Å². The molecule has 1 rings (SSSR count). The highest BCUT2D eigenvalue weighted by molar-refractivity contribution is 5.79. The molecule has 0 amide bonds. The molecule has 0 spiro atoms. The Hall–Kier alpha value is -2.11. The molecular formula is C9H11NO5. The van der Waals surface area contributed by atoms with E-state index in [1.54, 1.807) is 0 Å². The smallest absolute Gasteiger partial charge is 0.315 e. The zero-order chi connectivity index (χ0) is 12.0. The maximum Gasteiger partial charge on any atom is 0.315 e. The second kappa shape index (κ2) is 5.58. The van der Waals surface area contributed by atoms with E-state index in [1.807, 2.05) is 13.8 Å². The zero-order valence-electron chi connectivity index (χ0n) is 8.30. The van der Waals surface area contributed by atoms with Gasteiger partial charge in [-0.2, -0.15) is 0 Å². The van der Waals surface area contributed by atoms with Gasteiger partial charge in [-0.3, -0.25) is 14.9 Å². The maximum atomic E-state index is 10.3. The fraction of sp³-hybridized carbons (Fsp3) is 0.222. The van der Waals surface area contributed by atoms with Gasteiger partial charge in [-0.1, -0.05) is 13.8 Å². The minimum atomic E-state index is -0.887. The lowest BCUT2D eigenvalue weighted by molar-refractivity contribution is -0.386. The van der Waals surface area contributed by atoms with E-state index < -0.39 is 22.1 Å². The number of hydrogen-bond donors (Lipinski definition) is 2. The number of phenolic OH excluding ortho intramolecular Hbond substituents is 2. The molecule has 0 saturated carbocycles. The van der Waals surface area contributed by atoms with Gasteiger partial charge < -0.3 is 10.2 Å². The Kier molecular flexibility index (Phi) is 4.80. The summed E-state index contributed by atoms with van der Waals surface area (Å²) < 4.78 is 0. The highest BCUT2D eigenvalue weighted by atomic mass is 16.6. The van der Waals surface area contributed by atoms with E-state index in [0.717, 1.165) is 12.1 Å². The predicted molar refractivity (Wildman–Crippen MR) is 53.2 cm³/mol. The summed E-state index contributed by atoms with van der Waals surface area (Å²) in [5.74, 6) is -1.52. The Labute approximate surface area is 85.9 Å². The molecule has 0 aliphatic rings. The van der Waals surface area contributed by atoms with Crippen LogP contribution in [-0.2, 0) is 0 Å². The standard InChI is InChI=1S/C7H5NO5.C2H6/c9-3-4-1-5(8(12)13)7(11)6(10)2-4;1-2/h1-3,10-11H;1-2H3. The molecule has 82 valence electrons. The van der Waals surface area contributed by atoms with Gasteiger partial charge >= 0.3 is 5.69 Å².